The van der Waals surface area contributed by atoms with Gasteiger partial charge in [0.25, 0.3) is 0 Å². The average Bonchev–Trinajstić information content (AvgIpc) is 2.79. The van der Waals surface area contributed by atoms with Gasteiger partial charge >= 0.3 is 0 Å². The van der Waals surface area contributed by atoms with Crippen molar-refractivity contribution in [3.8, 4) is 5.75 Å². The second-order valence-corrected chi connectivity index (χ2v) is 3.91. The van der Waals surface area contributed by atoms with Crippen LogP contribution in [0.2, 0.25) is 0 Å². The van der Waals surface area contributed by atoms with Crippen LogP contribution in [0.4, 0.5) is 5.69 Å². The Labute approximate surface area is 90.8 Å². The van der Waals surface area contributed by atoms with E-state index >= 15 is 0 Å². The molecule has 1 fully saturated rings. The van der Waals surface area contributed by atoms with E-state index in [1.807, 2.05) is 18.2 Å². The zero-order valence-corrected chi connectivity index (χ0v) is 9.12. The zero-order valence-electron chi connectivity index (χ0n) is 9.12. The van der Waals surface area contributed by atoms with Crippen LogP contribution in [-0.2, 0) is 0 Å². The molecule has 1 saturated heterocycles. The molecule has 15 heavy (non-hydrogen) atoms. The SMILES string of the molecule is COc1cccc(NC[C@@H]2CCCN2)c1. The summed E-state index contributed by atoms with van der Waals surface area (Å²) in [5.41, 5.74) is 1.13. The topological polar surface area (TPSA) is 33.3 Å². The number of hydrogen-bond donors (Lipinski definition) is 2. The molecule has 3 heteroatoms. The van der Waals surface area contributed by atoms with Gasteiger partial charge in [-0.25, -0.2) is 0 Å². The Morgan fingerprint density at radius 3 is 3.20 bits per heavy atom. The summed E-state index contributed by atoms with van der Waals surface area (Å²) in [5, 5.41) is 6.88. The van der Waals surface area contributed by atoms with E-state index in [4.69, 9.17) is 4.74 Å². The van der Waals surface area contributed by atoms with E-state index in [0.717, 1.165) is 24.5 Å². The molecule has 0 saturated carbocycles. The van der Waals surface area contributed by atoms with Crippen LogP contribution in [0, 0.1) is 0 Å². The van der Waals surface area contributed by atoms with E-state index in [2.05, 4.69) is 16.7 Å². The third-order valence-electron chi connectivity index (χ3n) is 2.78. The highest BCUT2D eigenvalue weighted by molar-refractivity contribution is 5.48. The molecular formula is C12H18N2O. The van der Waals surface area contributed by atoms with Crippen molar-refractivity contribution < 1.29 is 4.74 Å². The van der Waals surface area contributed by atoms with Gasteiger partial charge in [0, 0.05) is 24.3 Å². The van der Waals surface area contributed by atoms with Crippen molar-refractivity contribution in [1.82, 2.24) is 5.32 Å². The molecule has 1 aliphatic rings. The minimum absolute atomic E-state index is 0.621. The van der Waals surface area contributed by atoms with E-state index in [1.165, 1.54) is 12.8 Å². The van der Waals surface area contributed by atoms with E-state index in [-0.39, 0.29) is 0 Å². The monoisotopic (exact) mass is 206 g/mol. The van der Waals surface area contributed by atoms with Crippen LogP contribution >= 0.6 is 0 Å². The van der Waals surface area contributed by atoms with Gasteiger partial charge in [-0.15, -0.1) is 0 Å². The van der Waals surface area contributed by atoms with Crippen molar-refractivity contribution in [2.75, 3.05) is 25.5 Å². The van der Waals surface area contributed by atoms with E-state index in [0.29, 0.717) is 6.04 Å². The molecule has 1 aromatic carbocycles. The maximum Gasteiger partial charge on any atom is 0.120 e. The fourth-order valence-electron chi connectivity index (χ4n) is 1.91. The smallest absolute Gasteiger partial charge is 0.120 e. The molecule has 0 aromatic heterocycles. The molecule has 0 aliphatic carbocycles. The van der Waals surface area contributed by atoms with Crippen LogP contribution < -0.4 is 15.4 Å². The molecule has 0 radical (unpaired) electrons. The molecule has 0 unspecified atom stereocenters. The van der Waals surface area contributed by atoms with Gasteiger partial charge in [0.15, 0.2) is 0 Å². The number of methoxy groups -OCH3 is 1. The highest BCUT2D eigenvalue weighted by atomic mass is 16.5. The molecule has 0 spiro atoms. The van der Waals surface area contributed by atoms with Gasteiger partial charge in [-0.2, -0.15) is 0 Å². The molecule has 1 atom stereocenters. The van der Waals surface area contributed by atoms with Gasteiger partial charge in [-0.1, -0.05) is 6.07 Å². The van der Waals surface area contributed by atoms with Gasteiger partial charge < -0.3 is 15.4 Å². The molecule has 2 rings (SSSR count). The van der Waals surface area contributed by atoms with E-state index in [1.54, 1.807) is 7.11 Å². The number of ether oxygens (including phenoxy) is 1. The van der Waals surface area contributed by atoms with Gasteiger partial charge in [-0.05, 0) is 31.5 Å². The molecule has 1 aliphatic heterocycles. The number of hydrogen-bond acceptors (Lipinski definition) is 3. The Kier molecular flexibility index (Phi) is 3.45. The lowest BCUT2D eigenvalue weighted by Crippen LogP contribution is -2.29. The van der Waals surface area contributed by atoms with Crippen LogP contribution in [0.1, 0.15) is 12.8 Å². The largest absolute Gasteiger partial charge is 0.497 e. The second-order valence-electron chi connectivity index (χ2n) is 3.91. The van der Waals surface area contributed by atoms with Crippen molar-refractivity contribution in [2.45, 2.75) is 18.9 Å². The zero-order chi connectivity index (χ0) is 10.5. The van der Waals surface area contributed by atoms with Crippen molar-refractivity contribution in [1.29, 1.82) is 0 Å². The van der Waals surface area contributed by atoms with Crippen molar-refractivity contribution in [3.05, 3.63) is 24.3 Å². The van der Waals surface area contributed by atoms with Crippen LogP contribution in [-0.4, -0.2) is 26.2 Å². The molecule has 2 N–H and O–H groups in total. The number of anilines is 1. The molecule has 3 nitrogen and oxygen atoms in total. The lowest BCUT2D eigenvalue weighted by molar-refractivity contribution is 0.415. The summed E-state index contributed by atoms with van der Waals surface area (Å²) < 4.78 is 5.17. The molecular weight excluding hydrogens is 188 g/mol. The summed E-state index contributed by atoms with van der Waals surface area (Å²) in [5.74, 6) is 0.902. The van der Waals surface area contributed by atoms with Crippen LogP contribution in [0.25, 0.3) is 0 Å². The molecule has 1 aromatic rings. The number of benzene rings is 1. The lowest BCUT2D eigenvalue weighted by Gasteiger charge is -2.13. The van der Waals surface area contributed by atoms with Gasteiger partial charge in [0.05, 0.1) is 7.11 Å². The van der Waals surface area contributed by atoms with Crippen molar-refractivity contribution >= 4 is 5.69 Å². The third-order valence-corrected chi connectivity index (χ3v) is 2.78. The third kappa shape index (κ3) is 2.86. The van der Waals surface area contributed by atoms with Gasteiger partial charge in [0.1, 0.15) is 5.75 Å². The predicted octanol–water partition coefficient (Wildman–Crippen LogP) is 1.86. The summed E-state index contributed by atoms with van der Waals surface area (Å²) in [6.07, 6.45) is 2.57. The minimum Gasteiger partial charge on any atom is -0.497 e. The Morgan fingerprint density at radius 2 is 2.47 bits per heavy atom. The van der Waals surface area contributed by atoms with Crippen LogP contribution in [0.3, 0.4) is 0 Å². The summed E-state index contributed by atoms with van der Waals surface area (Å²) in [7, 11) is 1.69. The molecule has 0 amide bonds. The van der Waals surface area contributed by atoms with Crippen molar-refractivity contribution in [3.63, 3.8) is 0 Å². The standard InChI is InChI=1S/C12H18N2O/c1-15-12-6-2-4-10(8-12)14-9-11-5-3-7-13-11/h2,4,6,8,11,13-14H,3,5,7,9H2,1H3/t11-/m0/s1. The Bertz CT molecular complexity index is 308. The van der Waals surface area contributed by atoms with Crippen molar-refractivity contribution in [2.24, 2.45) is 0 Å². The Morgan fingerprint density at radius 1 is 1.53 bits per heavy atom. The fraction of sp³-hybridized carbons (Fsp3) is 0.500. The quantitative estimate of drug-likeness (QED) is 0.789. The number of nitrogens with one attached hydrogen (secondary N) is 2. The van der Waals surface area contributed by atoms with Crippen LogP contribution in [0.15, 0.2) is 24.3 Å². The van der Waals surface area contributed by atoms with Gasteiger partial charge in [0.2, 0.25) is 0 Å². The Hall–Kier alpha value is -1.22. The normalized spacial score (nSPS) is 20.2. The van der Waals surface area contributed by atoms with E-state index in [9.17, 15) is 0 Å². The van der Waals surface area contributed by atoms with Gasteiger partial charge in [-0.3, -0.25) is 0 Å². The maximum absolute atomic E-state index is 5.17. The summed E-state index contributed by atoms with van der Waals surface area (Å²) in [6.45, 7) is 2.15. The van der Waals surface area contributed by atoms with Crippen LogP contribution in [0.5, 0.6) is 5.75 Å². The highest BCUT2D eigenvalue weighted by Crippen LogP contribution is 2.17. The second kappa shape index (κ2) is 5.03. The first-order chi connectivity index (χ1) is 7.38. The first-order valence-electron chi connectivity index (χ1n) is 5.50. The highest BCUT2D eigenvalue weighted by Gasteiger charge is 2.12. The molecule has 1 heterocycles. The maximum atomic E-state index is 5.17. The molecule has 0 bridgehead atoms. The average molecular weight is 206 g/mol. The summed E-state index contributed by atoms with van der Waals surface area (Å²) in [4.78, 5) is 0. The predicted molar refractivity (Wildman–Crippen MR) is 62.5 cm³/mol. The molecule has 82 valence electrons. The van der Waals surface area contributed by atoms with E-state index < -0.39 is 0 Å². The summed E-state index contributed by atoms with van der Waals surface area (Å²) >= 11 is 0. The number of rotatable bonds is 4. The minimum atomic E-state index is 0.621. The lowest BCUT2D eigenvalue weighted by atomic mass is 10.2. The first kappa shape index (κ1) is 10.3. The fourth-order valence-corrected chi connectivity index (χ4v) is 1.91. The summed E-state index contributed by atoms with van der Waals surface area (Å²) in [6, 6.07) is 8.67. The first-order valence-corrected chi connectivity index (χ1v) is 5.50. The Balaban J connectivity index is 1.86.